The number of hydrogen-bond acceptors (Lipinski definition) is 5. The zero-order valence-corrected chi connectivity index (χ0v) is 13.3. The highest BCUT2D eigenvalue weighted by Gasteiger charge is 2.14. The molecule has 7 heteroatoms. The smallest absolute Gasteiger partial charge is 0.148 e. The van der Waals surface area contributed by atoms with E-state index in [0.29, 0.717) is 15.9 Å². The highest BCUT2D eigenvalue weighted by Crippen LogP contribution is 2.29. The molecule has 0 aliphatic rings. The summed E-state index contributed by atoms with van der Waals surface area (Å²) in [4.78, 5) is 8.39. The number of aromatic nitrogens is 2. The molecule has 1 aromatic carbocycles. The van der Waals surface area contributed by atoms with Crippen molar-refractivity contribution in [1.29, 1.82) is 0 Å². The molecule has 1 aromatic heterocycles. The maximum atomic E-state index is 6.23. The van der Waals surface area contributed by atoms with Crippen LogP contribution in [0.1, 0.15) is 31.0 Å². The zero-order chi connectivity index (χ0) is 15.4. The van der Waals surface area contributed by atoms with Crippen LogP contribution in [0.5, 0.6) is 0 Å². The summed E-state index contributed by atoms with van der Waals surface area (Å²) < 4.78 is 0. The van der Waals surface area contributed by atoms with Crippen molar-refractivity contribution in [3.05, 3.63) is 45.7 Å². The standard InChI is InChI=1S/C14H17Cl2N5/c1-3-10-13(18-7-19-14(10)21-17)20-8(2)11-5-4-9(15)6-12(11)16/h4-8H,3,17H2,1-2H3,(H2,18,19,20,21). The predicted octanol–water partition coefficient (Wildman–Crippen LogP) is 3.80. The van der Waals surface area contributed by atoms with Gasteiger partial charge in [0, 0.05) is 15.6 Å². The molecule has 0 bridgehead atoms. The molecule has 0 aliphatic carbocycles. The Hall–Kier alpha value is -1.56. The summed E-state index contributed by atoms with van der Waals surface area (Å²) in [6.45, 7) is 4.02. The number of nitrogens with zero attached hydrogens (tertiary/aromatic N) is 2. The molecular weight excluding hydrogens is 309 g/mol. The summed E-state index contributed by atoms with van der Waals surface area (Å²) in [6.07, 6.45) is 2.22. The van der Waals surface area contributed by atoms with Crippen molar-refractivity contribution in [2.75, 3.05) is 10.7 Å². The Labute approximate surface area is 133 Å². The van der Waals surface area contributed by atoms with Crippen molar-refractivity contribution >= 4 is 34.8 Å². The second-order valence-corrected chi connectivity index (χ2v) is 5.42. The summed E-state index contributed by atoms with van der Waals surface area (Å²) in [5.41, 5.74) is 4.46. The molecule has 1 heterocycles. The first-order valence-electron chi connectivity index (χ1n) is 6.58. The minimum absolute atomic E-state index is 0.0272. The van der Waals surface area contributed by atoms with Gasteiger partial charge in [-0.25, -0.2) is 15.8 Å². The normalized spacial score (nSPS) is 12.0. The van der Waals surface area contributed by atoms with E-state index in [2.05, 4.69) is 20.7 Å². The van der Waals surface area contributed by atoms with E-state index in [1.807, 2.05) is 26.0 Å². The number of nitrogens with one attached hydrogen (secondary N) is 2. The fourth-order valence-electron chi connectivity index (χ4n) is 2.13. The molecule has 5 nitrogen and oxygen atoms in total. The van der Waals surface area contributed by atoms with Gasteiger partial charge in [-0.3, -0.25) is 0 Å². The molecule has 2 rings (SSSR count). The number of nitrogens with two attached hydrogens (primary N) is 1. The third-order valence-electron chi connectivity index (χ3n) is 3.22. The molecule has 0 saturated heterocycles. The lowest BCUT2D eigenvalue weighted by Gasteiger charge is -2.19. The first-order valence-corrected chi connectivity index (χ1v) is 7.34. The lowest BCUT2D eigenvalue weighted by atomic mass is 10.1. The average Bonchev–Trinajstić information content (AvgIpc) is 2.46. The van der Waals surface area contributed by atoms with Crippen molar-refractivity contribution in [3.63, 3.8) is 0 Å². The van der Waals surface area contributed by atoms with Gasteiger partial charge in [-0.1, -0.05) is 36.2 Å². The Morgan fingerprint density at radius 2 is 1.95 bits per heavy atom. The van der Waals surface area contributed by atoms with Crippen molar-refractivity contribution in [2.24, 2.45) is 5.84 Å². The van der Waals surface area contributed by atoms with Crippen LogP contribution in [-0.4, -0.2) is 9.97 Å². The fourth-order valence-corrected chi connectivity index (χ4v) is 2.70. The number of anilines is 2. The number of halogens is 2. The van der Waals surface area contributed by atoms with Crippen molar-refractivity contribution in [2.45, 2.75) is 26.3 Å². The van der Waals surface area contributed by atoms with Crippen LogP contribution in [-0.2, 0) is 6.42 Å². The summed E-state index contributed by atoms with van der Waals surface area (Å²) in [5, 5.41) is 4.57. The number of nitrogen functional groups attached to an aromatic ring is 1. The second kappa shape index (κ2) is 6.93. The van der Waals surface area contributed by atoms with Gasteiger partial charge in [0.2, 0.25) is 0 Å². The van der Waals surface area contributed by atoms with E-state index in [1.165, 1.54) is 6.33 Å². The van der Waals surface area contributed by atoms with Crippen LogP contribution in [0.2, 0.25) is 10.0 Å². The molecule has 112 valence electrons. The van der Waals surface area contributed by atoms with E-state index < -0.39 is 0 Å². The van der Waals surface area contributed by atoms with E-state index in [4.69, 9.17) is 29.0 Å². The lowest BCUT2D eigenvalue weighted by Crippen LogP contribution is -2.15. The minimum Gasteiger partial charge on any atom is -0.363 e. The van der Waals surface area contributed by atoms with Gasteiger partial charge in [-0.2, -0.15) is 0 Å². The largest absolute Gasteiger partial charge is 0.363 e. The quantitative estimate of drug-likeness (QED) is 0.575. The van der Waals surface area contributed by atoms with E-state index in [1.54, 1.807) is 6.07 Å². The van der Waals surface area contributed by atoms with E-state index in [0.717, 1.165) is 23.4 Å². The topological polar surface area (TPSA) is 75.9 Å². The van der Waals surface area contributed by atoms with Gasteiger partial charge in [0.25, 0.3) is 0 Å². The van der Waals surface area contributed by atoms with Crippen LogP contribution >= 0.6 is 23.2 Å². The number of rotatable bonds is 5. The van der Waals surface area contributed by atoms with Gasteiger partial charge < -0.3 is 10.7 Å². The van der Waals surface area contributed by atoms with Crippen LogP contribution in [0.4, 0.5) is 11.6 Å². The molecule has 0 aliphatic heterocycles. The third-order valence-corrected chi connectivity index (χ3v) is 3.78. The molecule has 0 spiro atoms. The highest BCUT2D eigenvalue weighted by atomic mass is 35.5. The maximum Gasteiger partial charge on any atom is 0.148 e. The molecular formula is C14H17Cl2N5. The van der Waals surface area contributed by atoms with Gasteiger partial charge >= 0.3 is 0 Å². The highest BCUT2D eigenvalue weighted by molar-refractivity contribution is 6.35. The average molecular weight is 326 g/mol. The van der Waals surface area contributed by atoms with Crippen LogP contribution in [0.25, 0.3) is 0 Å². The van der Waals surface area contributed by atoms with E-state index in [-0.39, 0.29) is 6.04 Å². The molecule has 1 atom stereocenters. The number of hydrogen-bond donors (Lipinski definition) is 3. The van der Waals surface area contributed by atoms with Gasteiger partial charge in [-0.15, -0.1) is 0 Å². The molecule has 1 unspecified atom stereocenters. The Balaban J connectivity index is 2.29. The number of hydrazine groups is 1. The zero-order valence-electron chi connectivity index (χ0n) is 11.8. The van der Waals surface area contributed by atoms with Crippen molar-refractivity contribution < 1.29 is 0 Å². The number of benzene rings is 1. The van der Waals surface area contributed by atoms with E-state index in [9.17, 15) is 0 Å². The molecule has 0 amide bonds. The Morgan fingerprint density at radius 3 is 2.57 bits per heavy atom. The van der Waals surface area contributed by atoms with Gasteiger partial charge in [-0.05, 0) is 31.0 Å². The Bertz CT molecular complexity index is 633. The molecule has 21 heavy (non-hydrogen) atoms. The predicted molar refractivity (Wildman–Crippen MR) is 87.7 cm³/mol. The van der Waals surface area contributed by atoms with Crippen LogP contribution < -0.4 is 16.6 Å². The lowest BCUT2D eigenvalue weighted by molar-refractivity contribution is 0.863. The van der Waals surface area contributed by atoms with E-state index >= 15 is 0 Å². The first kappa shape index (κ1) is 15.8. The fraction of sp³-hybridized carbons (Fsp3) is 0.286. The van der Waals surface area contributed by atoms with Gasteiger partial charge in [0.05, 0.1) is 6.04 Å². The summed E-state index contributed by atoms with van der Waals surface area (Å²) in [7, 11) is 0. The molecule has 0 fully saturated rings. The summed E-state index contributed by atoms with van der Waals surface area (Å²) >= 11 is 12.2. The maximum absolute atomic E-state index is 6.23. The van der Waals surface area contributed by atoms with Crippen LogP contribution in [0.15, 0.2) is 24.5 Å². The van der Waals surface area contributed by atoms with Gasteiger partial charge in [0.15, 0.2) is 0 Å². The molecule has 0 radical (unpaired) electrons. The SMILES string of the molecule is CCc1c(NN)ncnc1NC(C)c1ccc(Cl)cc1Cl. The molecule has 0 saturated carbocycles. The molecule has 2 aromatic rings. The Morgan fingerprint density at radius 1 is 1.24 bits per heavy atom. The summed E-state index contributed by atoms with van der Waals surface area (Å²) in [6, 6.07) is 5.41. The molecule has 4 N–H and O–H groups in total. The van der Waals surface area contributed by atoms with Crippen LogP contribution in [0.3, 0.4) is 0 Å². The van der Waals surface area contributed by atoms with Crippen molar-refractivity contribution in [3.8, 4) is 0 Å². The van der Waals surface area contributed by atoms with Gasteiger partial charge in [0.1, 0.15) is 18.0 Å². The minimum atomic E-state index is -0.0272. The van der Waals surface area contributed by atoms with Crippen molar-refractivity contribution in [1.82, 2.24) is 9.97 Å². The second-order valence-electron chi connectivity index (χ2n) is 4.58. The third kappa shape index (κ3) is 3.56. The van der Waals surface area contributed by atoms with Crippen LogP contribution in [0, 0.1) is 0 Å². The monoisotopic (exact) mass is 325 g/mol. The first-order chi connectivity index (χ1) is 10.1. The Kier molecular flexibility index (Phi) is 5.22. The summed E-state index contributed by atoms with van der Waals surface area (Å²) in [5.74, 6) is 6.82.